The molecule has 0 spiro atoms. The second kappa shape index (κ2) is 5.64. The first-order valence-corrected chi connectivity index (χ1v) is 4.93. The number of amides is 1. The van der Waals surface area contributed by atoms with E-state index < -0.39 is 10.8 Å². The highest BCUT2D eigenvalue weighted by atomic mass is 16.6. The van der Waals surface area contributed by atoms with Gasteiger partial charge in [-0.25, -0.2) is 0 Å². The van der Waals surface area contributed by atoms with Crippen molar-refractivity contribution in [1.82, 2.24) is 0 Å². The van der Waals surface area contributed by atoms with Gasteiger partial charge < -0.3 is 10.5 Å². The Hall–Kier alpha value is -2.37. The minimum atomic E-state index is -0.626. The van der Waals surface area contributed by atoms with Crippen molar-refractivity contribution in [3.05, 3.63) is 40.0 Å². The van der Waals surface area contributed by atoms with Gasteiger partial charge in [-0.15, -0.1) is 0 Å². The lowest BCUT2D eigenvalue weighted by atomic mass is 10.1. The third-order valence-corrected chi connectivity index (χ3v) is 1.93. The van der Waals surface area contributed by atoms with E-state index in [1.807, 2.05) is 0 Å². The Morgan fingerprint density at radius 3 is 2.82 bits per heavy atom. The van der Waals surface area contributed by atoms with E-state index in [-0.39, 0.29) is 5.69 Å². The molecule has 6 heteroatoms. The molecule has 0 radical (unpaired) electrons. The number of nitro groups is 1. The van der Waals surface area contributed by atoms with Gasteiger partial charge in [-0.05, 0) is 19.1 Å². The molecule has 0 unspecified atom stereocenters. The molecule has 1 amide bonds. The zero-order valence-electron chi connectivity index (χ0n) is 9.25. The maximum atomic E-state index is 10.6. The van der Waals surface area contributed by atoms with Gasteiger partial charge in [0.05, 0.1) is 11.5 Å². The van der Waals surface area contributed by atoms with Gasteiger partial charge in [0, 0.05) is 23.8 Å². The Kier molecular flexibility index (Phi) is 4.21. The highest BCUT2D eigenvalue weighted by Gasteiger charge is 2.09. The molecule has 1 aromatic rings. The van der Waals surface area contributed by atoms with Gasteiger partial charge in [-0.3, -0.25) is 14.9 Å². The number of primary amides is 1. The minimum Gasteiger partial charge on any atom is -0.493 e. The summed E-state index contributed by atoms with van der Waals surface area (Å²) in [7, 11) is 0. The second-order valence-corrected chi connectivity index (χ2v) is 3.15. The monoisotopic (exact) mass is 236 g/mol. The zero-order valence-corrected chi connectivity index (χ0v) is 9.25. The number of nitrogens with zero attached hydrogens (tertiary/aromatic N) is 1. The maximum absolute atomic E-state index is 10.6. The lowest BCUT2D eigenvalue weighted by Crippen LogP contribution is -2.05. The van der Waals surface area contributed by atoms with Crippen LogP contribution in [0.15, 0.2) is 24.3 Å². The van der Waals surface area contributed by atoms with Gasteiger partial charge in [-0.2, -0.15) is 0 Å². The third kappa shape index (κ3) is 3.60. The number of nitro benzene ring substituents is 1. The minimum absolute atomic E-state index is 0.0717. The molecule has 0 saturated carbocycles. The van der Waals surface area contributed by atoms with E-state index in [1.54, 1.807) is 6.92 Å². The molecule has 1 rings (SSSR count). The lowest BCUT2D eigenvalue weighted by Gasteiger charge is -2.06. The Morgan fingerprint density at radius 2 is 2.29 bits per heavy atom. The number of ether oxygens (including phenoxy) is 1. The van der Waals surface area contributed by atoms with Crippen molar-refractivity contribution in [2.75, 3.05) is 6.61 Å². The zero-order chi connectivity index (χ0) is 12.8. The van der Waals surface area contributed by atoms with Gasteiger partial charge in [0.2, 0.25) is 5.91 Å². The van der Waals surface area contributed by atoms with Gasteiger partial charge in [0.15, 0.2) is 0 Å². The standard InChI is InChI=1S/C11H12N2O4/c1-2-17-10-5-4-9(13(15)16)7-8(10)3-6-11(12)14/h3-7H,2H2,1H3,(H2,12,14). The van der Waals surface area contributed by atoms with Crippen LogP contribution in [0.5, 0.6) is 5.75 Å². The van der Waals surface area contributed by atoms with Gasteiger partial charge in [0.25, 0.3) is 5.69 Å². The predicted molar refractivity (Wildman–Crippen MR) is 62.5 cm³/mol. The van der Waals surface area contributed by atoms with Gasteiger partial charge >= 0.3 is 0 Å². The molecule has 0 atom stereocenters. The highest BCUT2D eigenvalue weighted by Crippen LogP contribution is 2.25. The number of hydrogen-bond donors (Lipinski definition) is 1. The Balaban J connectivity index is 3.15. The normalized spacial score (nSPS) is 10.4. The van der Waals surface area contributed by atoms with Crippen LogP contribution < -0.4 is 10.5 Å². The number of carbonyl (C=O) groups excluding carboxylic acids is 1. The third-order valence-electron chi connectivity index (χ3n) is 1.93. The molecule has 0 fully saturated rings. The van der Waals surface area contributed by atoms with Crippen molar-refractivity contribution in [3.63, 3.8) is 0 Å². The largest absolute Gasteiger partial charge is 0.493 e. The summed E-state index contributed by atoms with van der Waals surface area (Å²) in [6.07, 6.45) is 2.52. The van der Waals surface area contributed by atoms with Crippen LogP contribution >= 0.6 is 0 Å². The van der Waals surface area contributed by atoms with Crippen LogP contribution in [0.25, 0.3) is 6.08 Å². The first-order valence-electron chi connectivity index (χ1n) is 4.93. The Labute approximate surface area is 97.8 Å². The molecule has 0 aliphatic heterocycles. The van der Waals surface area contributed by atoms with Crippen LogP contribution in [0.4, 0.5) is 5.69 Å². The van der Waals surface area contributed by atoms with Crippen molar-refractivity contribution in [3.8, 4) is 5.75 Å². The summed E-state index contributed by atoms with van der Waals surface area (Å²) in [5.74, 6) is -0.158. The summed E-state index contributed by atoms with van der Waals surface area (Å²) in [5.41, 5.74) is 5.33. The lowest BCUT2D eigenvalue weighted by molar-refractivity contribution is -0.384. The molecule has 6 nitrogen and oxygen atoms in total. The van der Waals surface area contributed by atoms with E-state index in [2.05, 4.69) is 0 Å². The quantitative estimate of drug-likeness (QED) is 0.476. The first-order chi connectivity index (χ1) is 8.04. The van der Waals surface area contributed by atoms with E-state index >= 15 is 0 Å². The van der Waals surface area contributed by atoms with Crippen LogP contribution in [-0.4, -0.2) is 17.4 Å². The fourth-order valence-corrected chi connectivity index (χ4v) is 1.24. The van der Waals surface area contributed by atoms with E-state index in [0.29, 0.717) is 17.9 Å². The summed E-state index contributed by atoms with van der Waals surface area (Å²) >= 11 is 0. The fraction of sp³-hybridized carbons (Fsp3) is 0.182. The van der Waals surface area contributed by atoms with Gasteiger partial charge in [0.1, 0.15) is 5.75 Å². The molecule has 0 aliphatic rings. The molecule has 17 heavy (non-hydrogen) atoms. The average molecular weight is 236 g/mol. The van der Waals surface area contributed by atoms with Crippen LogP contribution in [0.2, 0.25) is 0 Å². The molecule has 1 aromatic carbocycles. The van der Waals surface area contributed by atoms with Gasteiger partial charge in [-0.1, -0.05) is 0 Å². The fourth-order valence-electron chi connectivity index (χ4n) is 1.24. The van der Waals surface area contributed by atoms with E-state index in [4.69, 9.17) is 10.5 Å². The number of benzene rings is 1. The van der Waals surface area contributed by atoms with Crippen molar-refractivity contribution >= 4 is 17.7 Å². The van der Waals surface area contributed by atoms with Crippen LogP contribution in [0.3, 0.4) is 0 Å². The molecule has 0 heterocycles. The summed E-state index contributed by atoms with van der Waals surface area (Å²) in [6, 6.07) is 4.15. The topological polar surface area (TPSA) is 95.5 Å². The predicted octanol–water partition coefficient (Wildman–Crippen LogP) is 1.49. The average Bonchev–Trinajstić information content (AvgIpc) is 2.27. The van der Waals surface area contributed by atoms with Crippen molar-refractivity contribution in [1.29, 1.82) is 0 Å². The summed E-state index contributed by atoms with van der Waals surface area (Å²) in [6.45, 7) is 2.22. The second-order valence-electron chi connectivity index (χ2n) is 3.15. The summed E-state index contributed by atoms with van der Waals surface area (Å²) in [4.78, 5) is 20.7. The maximum Gasteiger partial charge on any atom is 0.270 e. The molecule has 0 bridgehead atoms. The number of nitrogens with two attached hydrogens (primary N) is 1. The Morgan fingerprint density at radius 1 is 1.59 bits per heavy atom. The smallest absolute Gasteiger partial charge is 0.270 e. The molecule has 2 N–H and O–H groups in total. The number of non-ortho nitro benzene ring substituents is 1. The van der Waals surface area contributed by atoms with Crippen molar-refractivity contribution in [2.24, 2.45) is 5.73 Å². The summed E-state index contributed by atoms with van der Waals surface area (Å²) in [5, 5.41) is 10.6. The Bertz CT molecular complexity index is 469. The van der Waals surface area contributed by atoms with E-state index in [9.17, 15) is 14.9 Å². The summed E-state index contributed by atoms with van der Waals surface area (Å²) < 4.78 is 5.28. The van der Waals surface area contributed by atoms with Crippen molar-refractivity contribution in [2.45, 2.75) is 6.92 Å². The number of rotatable bonds is 5. The number of hydrogen-bond acceptors (Lipinski definition) is 4. The highest BCUT2D eigenvalue weighted by molar-refractivity contribution is 5.90. The molecular weight excluding hydrogens is 224 g/mol. The van der Waals surface area contributed by atoms with Crippen LogP contribution in [-0.2, 0) is 4.79 Å². The van der Waals surface area contributed by atoms with Crippen LogP contribution in [0, 0.1) is 10.1 Å². The molecule has 0 saturated heterocycles. The molecule has 0 aromatic heterocycles. The molecular formula is C11H12N2O4. The van der Waals surface area contributed by atoms with Crippen LogP contribution in [0.1, 0.15) is 12.5 Å². The SMILES string of the molecule is CCOc1ccc([N+](=O)[O-])cc1C=CC(N)=O. The van der Waals surface area contributed by atoms with Crippen molar-refractivity contribution < 1.29 is 14.5 Å². The molecule has 90 valence electrons. The van der Waals surface area contributed by atoms with E-state index in [1.165, 1.54) is 24.3 Å². The first kappa shape index (κ1) is 12.7. The molecule has 0 aliphatic carbocycles. The van der Waals surface area contributed by atoms with E-state index in [0.717, 1.165) is 6.08 Å². The number of carbonyl (C=O) groups is 1.